The van der Waals surface area contributed by atoms with Gasteiger partial charge in [0.25, 0.3) is 11.8 Å². The van der Waals surface area contributed by atoms with Gasteiger partial charge in [-0.25, -0.2) is 0 Å². The normalized spacial score (nSPS) is 19.1. The topological polar surface area (TPSA) is 79.0 Å². The number of carbonyl (C=O) groups is 3. The molecule has 7 heteroatoms. The smallest absolute Gasteiger partial charge is 0.256 e. The maximum atomic E-state index is 14.0. The van der Waals surface area contributed by atoms with Crippen LogP contribution in [0.15, 0.2) is 78.9 Å². The van der Waals surface area contributed by atoms with Crippen LogP contribution in [0.25, 0.3) is 0 Å². The molecule has 0 radical (unpaired) electrons. The summed E-state index contributed by atoms with van der Waals surface area (Å²) in [6, 6.07) is 23.7. The molecule has 2 heterocycles. The molecule has 2 saturated heterocycles. The van der Waals surface area contributed by atoms with Crippen molar-refractivity contribution < 1.29 is 19.1 Å². The Hall–Kier alpha value is -3.97. The first-order valence-electron chi connectivity index (χ1n) is 13.5. The Kier molecular flexibility index (Phi) is 7.53. The summed E-state index contributed by atoms with van der Waals surface area (Å²) < 4.78 is 6.35. The molecular weight excluding hydrogens is 490 g/mol. The summed E-state index contributed by atoms with van der Waals surface area (Å²) >= 11 is 0. The molecule has 2 unspecified atom stereocenters. The highest BCUT2D eigenvalue weighted by Gasteiger charge is 2.54. The minimum Gasteiger partial charge on any atom is -0.353 e. The maximum absolute atomic E-state index is 14.0. The third-order valence-electron chi connectivity index (χ3n) is 7.95. The first-order valence-corrected chi connectivity index (χ1v) is 13.5. The highest BCUT2D eigenvalue weighted by Crippen LogP contribution is 2.39. The summed E-state index contributed by atoms with van der Waals surface area (Å²) in [5.41, 5.74) is 3.20. The van der Waals surface area contributed by atoms with E-state index >= 15 is 0 Å². The van der Waals surface area contributed by atoms with Crippen molar-refractivity contribution in [1.29, 1.82) is 0 Å². The average Bonchev–Trinajstić information content (AvgIpc) is 3.32. The van der Waals surface area contributed by atoms with E-state index in [0.717, 1.165) is 16.7 Å². The van der Waals surface area contributed by atoms with Crippen LogP contribution in [0.5, 0.6) is 0 Å². The van der Waals surface area contributed by atoms with Crippen LogP contribution >= 0.6 is 0 Å². The molecule has 1 spiro atoms. The zero-order chi connectivity index (χ0) is 27.6. The Balaban J connectivity index is 1.38. The van der Waals surface area contributed by atoms with E-state index in [1.54, 1.807) is 17.0 Å². The third-order valence-corrected chi connectivity index (χ3v) is 7.95. The van der Waals surface area contributed by atoms with E-state index in [4.69, 9.17) is 4.74 Å². The lowest BCUT2D eigenvalue weighted by molar-refractivity contribution is -0.128. The van der Waals surface area contributed by atoms with Crippen molar-refractivity contribution in [3.8, 4) is 0 Å². The summed E-state index contributed by atoms with van der Waals surface area (Å²) in [6.07, 6.45) is 0.862. The predicted octanol–water partition coefficient (Wildman–Crippen LogP) is 4.65. The summed E-state index contributed by atoms with van der Waals surface area (Å²) in [5, 5.41) is 3.08. The molecular formula is C32H35N3O4. The molecule has 0 aromatic heterocycles. The number of nitrogens with zero attached hydrogens (tertiary/aromatic N) is 2. The highest BCUT2D eigenvalue weighted by molar-refractivity contribution is 5.99. The number of nitrogens with one attached hydrogen (secondary N) is 1. The minimum absolute atomic E-state index is 0.0247. The van der Waals surface area contributed by atoms with Gasteiger partial charge < -0.3 is 15.0 Å². The van der Waals surface area contributed by atoms with Crippen molar-refractivity contribution in [3.63, 3.8) is 0 Å². The van der Waals surface area contributed by atoms with Crippen LogP contribution in [0.2, 0.25) is 0 Å². The molecule has 1 N–H and O–H groups in total. The van der Waals surface area contributed by atoms with Crippen LogP contribution in [-0.2, 0) is 9.53 Å². The fraction of sp³-hybridized carbons (Fsp3) is 0.344. The first kappa shape index (κ1) is 26.6. The van der Waals surface area contributed by atoms with Gasteiger partial charge in [-0.15, -0.1) is 0 Å². The molecule has 3 aromatic rings. The molecule has 2 atom stereocenters. The van der Waals surface area contributed by atoms with Gasteiger partial charge in [0.1, 0.15) is 11.8 Å². The summed E-state index contributed by atoms with van der Waals surface area (Å²) in [5.74, 6) is -0.510. The second-order valence-electron chi connectivity index (χ2n) is 10.6. The van der Waals surface area contributed by atoms with E-state index in [0.29, 0.717) is 37.1 Å². The standard InChI is InChI=1S/C32H35N3O4/c1-22-13-15-26(16-14-22)30(37)35-28(29(36)33-24(3)25-10-5-4-6-11-25)21-39-32(35)17-19-34(20-18-32)31(38)27-12-8-7-9-23(27)2/h4-16,24,28H,17-21H2,1-3H3,(H,33,36). The fourth-order valence-corrected chi connectivity index (χ4v) is 5.58. The lowest BCUT2D eigenvalue weighted by Crippen LogP contribution is -2.60. The number of hydrogen-bond donors (Lipinski definition) is 1. The van der Waals surface area contributed by atoms with Crippen molar-refractivity contribution >= 4 is 17.7 Å². The fourth-order valence-electron chi connectivity index (χ4n) is 5.58. The molecule has 7 nitrogen and oxygen atoms in total. The molecule has 2 aliphatic heterocycles. The first-order chi connectivity index (χ1) is 18.8. The molecule has 0 bridgehead atoms. The van der Waals surface area contributed by atoms with Gasteiger partial charge >= 0.3 is 0 Å². The molecule has 2 fully saturated rings. The van der Waals surface area contributed by atoms with Crippen LogP contribution in [0, 0.1) is 13.8 Å². The zero-order valence-electron chi connectivity index (χ0n) is 22.7. The van der Waals surface area contributed by atoms with Gasteiger partial charge in [0.05, 0.1) is 12.6 Å². The number of rotatable bonds is 5. The number of benzene rings is 3. The molecule has 0 saturated carbocycles. The van der Waals surface area contributed by atoms with Crippen LogP contribution in [0.4, 0.5) is 0 Å². The summed E-state index contributed by atoms with van der Waals surface area (Å²) in [4.78, 5) is 44.3. The lowest BCUT2D eigenvalue weighted by Gasteiger charge is -2.44. The van der Waals surface area contributed by atoms with Crippen molar-refractivity contribution in [2.45, 2.75) is 51.4 Å². The molecule has 3 amide bonds. The van der Waals surface area contributed by atoms with Crippen molar-refractivity contribution in [1.82, 2.24) is 15.1 Å². The monoisotopic (exact) mass is 525 g/mol. The Morgan fingerprint density at radius 3 is 2.18 bits per heavy atom. The van der Waals surface area contributed by atoms with Gasteiger partial charge in [-0.1, -0.05) is 66.2 Å². The van der Waals surface area contributed by atoms with E-state index in [2.05, 4.69) is 5.32 Å². The van der Waals surface area contributed by atoms with E-state index in [1.807, 2.05) is 92.4 Å². The zero-order valence-corrected chi connectivity index (χ0v) is 22.7. The molecule has 3 aromatic carbocycles. The van der Waals surface area contributed by atoms with Crippen molar-refractivity contribution in [2.75, 3.05) is 19.7 Å². The molecule has 2 aliphatic rings. The Bertz CT molecular complexity index is 1350. The Morgan fingerprint density at radius 2 is 1.51 bits per heavy atom. The van der Waals surface area contributed by atoms with Crippen LogP contribution in [0.3, 0.4) is 0 Å². The lowest BCUT2D eigenvalue weighted by atomic mass is 9.95. The number of amides is 3. The number of likely N-dealkylation sites (tertiary alicyclic amines) is 1. The second-order valence-corrected chi connectivity index (χ2v) is 10.6. The van der Waals surface area contributed by atoms with Crippen LogP contribution < -0.4 is 5.32 Å². The maximum Gasteiger partial charge on any atom is 0.256 e. The van der Waals surface area contributed by atoms with Crippen molar-refractivity contribution in [2.24, 2.45) is 0 Å². The van der Waals surface area contributed by atoms with Gasteiger partial charge in [0.2, 0.25) is 5.91 Å². The van der Waals surface area contributed by atoms with Gasteiger partial charge in [0, 0.05) is 37.1 Å². The number of piperidine rings is 1. The Labute approximate surface area is 229 Å². The molecule has 39 heavy (non-hydrogen) atoms. The van der Waals surface area contributed by atoms with E-state index in [-0.39, 0.29) is 30.4 Å². The minimum atomic E-state index is -0.956. The van der Waals surface area contributed by atoms with Gasteiger partial charge in [-0.05, 0) is 50.1 Å². The van der Waals surface area contributed by atoms with E-state index < -0.39 is 11.8 Å². The number of carbonyl (C=O) groups excluding carboxylic acids is 3. The molecule has 202 valence electrons. The van der Waals surface area contributed by atoms with E-state index in [9.17, 15) is 14.4 Å². The Morgan fingerprint density at radius 1 is 0.872 bits per heavy atom. The van der Waals surface area contributed by atoms with E-state index in [1.165, 1.54) is 0 Å². The highest BCUT2D eigenvalue weighted by atomic mass is 16.5. The number of hydrogen-bond acceptors (Lipinski definition) is 4. The SMILES string of the molecule is Cc1ccc(C(=O)N2C(C(=O)NC(C)c3ccccc3)COC23CCN(C(=O)c2ccccc2C)CC3)cc1. The quantitative estimate of drug-likeness (QED) is 0.526. The third kappa shape index (κ3) is 5.32. The summed E-state index contributed by atoms with van der Waals surface area (Å²) in [6.45, 7) is 6.80. The number of ether oxygens (including phenoxy) is 1. The molecule has 0 aliphatic carbocycles. The van der Waals surface area contributed by atoms with Gasteiger partial charge in [-0.3, -0.25) is 19.3 Å². The number of aryl methyl sites for hydroxylation is 2. The second kappa shape index (κ2) is 11.0. The predicted molar refractivity (Wildman–Crippen MR) is 149 cm³/mol. The summed E-state index contributed by atoms with van der Waals surface area (Å²) in [7, 11) is 0. The van der Waals surface area contributed by atoms with Crippen molar-refractivity contribution in [3.05, 3.63) is 107 Å². The van der Waals surface area contributed by atoms with Gasteiger partial charge in [0.15, 0.2) is 0 Å². The van der Waals surface area contributed by atoms with Gasteiger partial charge in [-0.2, -0.15) is 0 Å². The van der Waals surface area contributed by atoms with Crippen LogP contribution in [0.1, 0.15) is 63.2 Å². The largest absolute Gasteiger partial charge is 0.353 e. The molecule has 5 rings (SSSR count). The van der Waals surface area contributed by atoms with Crippen LogP contribution in [-0.4, -0.2) is 59.0 Å². The average molecular weight is 526 g/mol.